The lowest BCUT2D eigenvalue weighted by Gasteiger charge is -2.15. The third-order valence-electron chi connectivity index (χ3n) is 2.37. The van der Waals surface area contributed by atoms with E-state index in [0.717, 1.165) is 17.3 Å². The van der Waals surface area contributed by atoms with Crippen molar-refractivity contribution in [2.24, 2.45) is 5.92 Å². The normalized spacial score (nSPS) is 33.6. The van der Waals surface area contributed by atoms with Gasteiger partial charge in [0.2, 0.25) is 0 Å². The highest BCUT2D eigenvalue weighted by molar-refractivity contribution is 8.16. The Morgan fingerprint density at radius 3 is 2.50 bits per heavy atom. The van der Waals surface area contributed by atoms with Crippen LogP contribution in [0.5, 0.6) is 0 Å². The number of ketones is 1. The Labute approximate surface area is 88.4 Å². The van der Waals surface area contributed by atoms with Gasteiger partial charge in [-0.1, -0.05) is 36.1 Å². The van der Waals surface area contributed by atoms with Crippen LogP contribution in [0, 0.1) is 5.92 Å². The van der Waals surface area contributed by atoms with Crippen LogP contribution in [-0.4, -0.2) is 15.6 Å². The Bertz CT molecular complexity index is 330. The third kappa shape index (κ3) is 1.82. The summed E-state index contributed by atoms with van der Waals surface area (Å²) in [5, 5.41) is -0.0365. The minimum absolute atomic E-state index is 0.00583. The van der Waals surface area contributed by atoms with Gasteiger partial charge in [-0.05, 0) is 20.8 Å². The lowest BCUT2D eigenvalue weighted by atomic mass is 9.94. The van der Waals surface area contributed by atoms with Crippen LogP contribution in [0.2, 0.25) is 0 Å². The van der Waals surface area contributed by atoms with E-state index in [1.165, 1.54) is 0 Å². The van der Waals surface area contributed by atoms with E-state index in [2.05, 4.69) is 6.58 Å². The number of Topliss-reactive ketones (excluding diaryl/α,β-unsaturated/α-hetero) is 1. The second kappa shape index (κ2) is 3.73. The van der Waals surface area contributed by atoms with E-state index in [9.17, 15) is 9.59 Å². The van der Waals surface area contributed by atoms with Crippen LogP contribution >= 0.6 is 11.8 Å². The number of carbonyl (C=O) groups excluding carboxylic acids is 2. The van der Waals surface area contributed by atoms with Crippen molar-refractivity contribution in [2.45, 2.75) is 25.5 Å². The van der Waals surface area contributed by atoms with Crippen LogP contribution in [0.4, 0.5) is 0 Å². The van der Waals surface area contributed by atoms with Gasteiger partial charge in [0, 0.05) is 0 Å². The zero-order valence-corrected chi connectivity index (χ0v) is 9.48. The smallest absolute Gasteiger partial charge is 0.200 e. The quantitative estimate of drug-likeness (QED) is 0.518. The molecule has 1 aliphatic heterocycles. The molecule has 1 heterocycles. The molecule has 76 valence electrons. The standard InChI is InChI=1S/C11H14O2S/c1-5-7(2)6-11(4)9(12)8(3)10(13)14-11/h5-6,8H,1H2,2-4H3/t8?,11-/m0/s1. The lowest BCUT2D eigenvalue weighted by molar-refractivity contribution is -0.126. The second-order valence-electron chi connectivity index (χ2n) is 3.71. The summed E-state index contributed by atoms with van der Waals surface area (Å²) >= 11 is 1.12. The van der Waals surface area contributed by atoms with E-state index in [4.69, 9.17) is 0 Å². The van der Waals surface area contributed by atoms with Crippen molar-refractivity contribution >= 4 is 22.7 Å². The fraction of sp³-hybridized carbons (Fsp3) is 0.455. The molecule has 0 aromatic rings. The van der Waals surface area contributed by atoms with Crippen molar-refractivity contribution in [1.82, 2.24) is 0 Å². The molecular weight excluding hydrogens is 196 g/mol. The summed E-state index contributed by atoms with van der Waals surface area (Å²) in [5.41, 5.74) is 0.926. The van der Waals surface area contributed by atoms with Crippen molar-refractivity contribution in [3.05, 3.63) is 24.3 Å². The van der Waals surface area contributed by atoms with Gasteiger partial charge in [0.1, 0.15) is 0 Å². The third-order valence-corrected chi connectivity index (χ3v) is 3.67. The minimum atomic E-state index is -0.686. The monoisotopic (exact) mass is 210 g/mol. The predicted octanol–water partition coefficient (Wildman–Crippen LogP) is 2.36. The van der Waals surface area contributed by atoms with E-state index < -0.39 is 10.7 Å². The Balaban J connectivity index is 3.03. The average molecular weight is 210 g/mol. The van der Waals surface area contributed by atoms with E-state index in [1.54, 1.807) is 19.9 Å². The number of thioether (sulfide) groups is 1. The first-order chi connectivity index (χ1) is 6.40. The largest absolute Gasteiger partial charge is 0.297 e. The lowest BCUT2D eigenvalue weighted by Crippen LogP contribution is -2.27. The van der Waals surface area contributed by atoms with Crippen molar-refractivity contribution in [3.63, 3.8) is 0 Å². The van der Waals surface area contributed by atoms with Gasteiger partial charge < -0.3 is 0 Å². The molecule has 0 amide bonds. The highest BCUT2D eigenvalue weighted by Gasteiger charge is 2.47. The topological polar surface area (TPSA) is 34.1 Å². The van der Waals surface area contributed by atoms with Crippen LogP contribution < -0.4 is 0 Å². The van der Waals surface area contributed by atoms with E-state index in [0.29, 0.717) is 0 Å². The number of hydrogen-bond acceptors (Lipinski definition) is 3. The molecule has 0 saturated carbocycles. The molecule has 1 aliphatic rings. The summed E-state index contributed by atoms with van der Waals surface area (Å²) < 4.78 is -0.686. The molecule has 0 spiro atoms. The number of allylic oxidation sites excluding steroid dienone is 2. The van der Waals surface area contributed by atoms with Gasteiger partial charge in [-0.15, -0.1) is 0 Å². The number of rotatable bonds is 2. The molecule has 0 radical (unpaired) electrons. The van der Waals surface area contributed by atoms with Crippen molar-refractivity contribution in [3.8, 4) is 0 Å². The van der Waals surface area contributed by atoms with Gasteiger partial charge in [0.05, 0.1) is 10.7 Å². The molecule has 0 aromatic heterocycles. The van der Waals surface area contributed by atoms with Crippen LogP contribution in [0.1, 0.15) is 20.8 Å². The predicted molar refractivity (Wildman–Crippen MR) is 59.1 cm³/mol. The fourth-order valence-electron chi connectivity index (χ4n) is 1.48. The number of hydrogen-bond donors (Lipinski definition) is 0. The summed E-state index contributed by atoms with van der Waals surface area (Å²) in [4.78, 5) is 23.1. The molecule has 0 N–H and O–H groups in total. The summed E-state index contributed by atoms with van der Waals surface area (Å²) in [6.45, 7) is 8.95. The SMILES string of the molecule is C=CC(C)=C[C@]1(C)SC(=O)C(C)C1=O. The maximum atomic E-state index is 11.8. The van der Waals surface area contributed by atoms with Crippen molar-refractivity contribution in [2.75, 3.05) is 0 Å². The van der Waals surface area contributed by atoms with Gasteiger partial charge >= 0.3 is 0 Å². The van der Waals surface area contributed by atoms with Crippen molar-refractivity contribution < 1.29 is 9.59 Å². The Kier molecular flexibility index (Phi) is 3.00. The molecule has 0 aliphatic carbocycles. The number of carbonyl (C=O) groups is 2. The molecule has 1 rings (SSSR count). The molecule has 2 nitrogen and oxygen atoms in total. The average Bonchev–Trinajstić information content (AvgIpc) is 2.30. The van der Waals surface area contributed by atoms with Gasteiger partial charge in [-0.25, -0.2) is 0 Å². The van der Waals surface area contributed by atoms with Gasteiger partial charge in [0.15, 0.2) is 10.9 Å². The van der Waals surface area contributed by atoms with E-state index in [1.807, 2.05) is 13.0 Å². The molecule has 3 heteroatoms. The van der Waals surface area contributed by atoms with E-state index in [-0.39, 0.29) is 10.9 Å². The Hall–Kier alpha value is -0.830. The molecule has 1 saturated heterocycles. The summed E-state index contributed by atoms with van der Waals surface area (Å²) in [6.07, 6.45) is 3.50. The highest BCUT2D eigenvalue weighted by atomic mass is 32.2. The second-order valence-corrected chi connectivity index (χ2v) is 5.16. The first-order valence-electron chi connectivity index (χ1n) is 4.50. The van der Waals surface area contributed by atoms with Gasteiger partial charge in [-0.3, -0.25) is 9.59 Å². The molecular formula is C11H14O2S. The molecule has 2 atom stereocenters. The van der Waals surface area contributed by atoms with Crippen molar-refractivity contribution in [1.29, 1.82) is 0 Å². The zero-order valence-electron chi connectivity index (χ0n) is 8.66. The fourth-order valence-corrected chi connectivity index (χ4v) is 2.70. The summed E-state index contributed by atoms with van der Waals surface area (Å²) in [7, 11) is 0. The Morgan fingerprint density at radius 1 is 1.57 bits per heavy atom. The molecule has 0 aromatic carbocycles. The van der Waals surface area contributed by atoms with Gasteiger partial charge in [-0.2, -0.15) is 0 Å². The molecule has 0 bridgehead atoms. The van der Waals surface area contributed by atoms with Crippen LogP contribution in [0.15, 0.2) is 24.3 Å². The van der Waals surface area contributed by atoms with Crippen LogP contribution in [-0.2, 0) is 9.59 Å². The Morgan fingerprint density at radius 2 is 2.14 bits per heavy atom. The maximum absolute atomic E-state index is 11.8. The molecule has 14 heavy (non-hydrogen) atoms. The highest BCUT2D eigenvalue weighted by Crippen LogP contribution is 2.41. The maximum Gasteiger partial charge on any atom is 0.200 e. The van der Waals surface area contributed by atoms with Crippen LogP contribution in [0.3, 0.4) is 0 Å². The minimum Gasteiger partial charge on any atom is -0.297 e. The van der Waals surface area contributed by atoms with E-state index >= 15 is 0 Å². The first kappa shape index (κ1) is 11.2. The zero-order chi connectivity index (χ0) is 10.9. The summed E-state index contributed by atoms with van der Waals surface area (Å²) in [5.74, 6) is -0.479. The molecule has 1 unspecified atom stereocenters. The molecule has 1 fully saturated rings. The van der Waals surface area contributed by atoms with Gasteiger partial charge in [0.25, 0.3) is 0 Å². The van der Waals surface area contributed by atoms with Crippen LogP contribution in [0.25, 0.3) is 0 Å². The first-order valence-corrected chi connectivity index (χ1v) is 5.31. The summed E-state index contributed by atoms with van der Waals surface area (Å²) in [6, 6.07) is 0.